The first kappa shape index (κ1) is 17.1. The SMILES string of the molecule is COC(=O)[C@H](NC(=O)C1CN1CCc1ccccn1)c1ccccc1. The van der Waals surface area contributed by atoms with Gasteiger partial charge in [0, 0.05) is 31.4 Å². The van der Waals surface area contributed by atoms with Crippen LogP contribution < -0.4 is 5.32 Å². The number of aromatic nitrogens is 1. The highest BCUT2D eigenvalue weighted by molar-refractivity contribution is 5.90. The number of carbonyl (C=O) groups excluding carboxylic acids is 2. The maximum absolute atomic E-state index is 12.5. The molecule has 1 amide bonds. The van der Waals surface area contributed by atoms with Crippen molar-refractivity contribution in [3.63, 3.8) is 0 Å². The number of hydrogen-bond acceptors (Lipinski definition) is 5. The topological polar surface area (TPSA) is 71.3 Å². The van der Waals surface area contributed by atoms with Crippen LogP contribution in [0.3, 0.4) is 0 Å². The van der Waals surface area contributed by atoms with Gasteiger partial charge in [-0.15, -0.1) is 0 Å². The Labute approximate surface area is 146 Å². The van der Waals surface area contributed by atoms with Crippen molar-refractivity contribution in [2.24, 2.45) is 0 Å². The summed E-state index contributed by atoms with van der Waals surface area (Å²) in [6, 6.07) is 13.9. The molecule has 1 aliphatic heterocycles. The minimum Gasteiger partial charge on any atom is -0.467 e. The van der Waals surface area contributed by atoms with E-state index in [0.717, 1.165) is 18.7 Å². The number of methoxy groups -OCH3 is 1. The molecule has 6 nitrogen and oxygen atoms in total. The summed E-state index contributed by atoms with van der Waals surface area (Å²) in [7, 11) is 1.32. The smallest absolute Gasteiger partial charge is 0.333 e. The summed E-state index contributed by atoms with van der Waals surface area (Å²) in [6.07, 6.45) is 2.56. The summed E-state index contributed by atoms with van der Waals surface area (Å²) in [6.45, 7) is 1.46. The normalized spacial score (nSPS) is 19.7. The molecule has 3 rings (SSSR count). The molecule has 1 saturated heterocycles. The zero-order chi connectivity index (χ0) is 17.6. The molecular weight excluding hydrogens is 318 g/mol. The highest BCUT2D eigenvalue weighted by Crippen LogP contribution is 2.21. The van der Waals surface area contributed by atoms with E-state index in [4.69, 9.17) is 4.74 Å². The lowest BCUT2D eigenvalue weighted by molar-refractivity contribution is -0.145. The molecule has 2 aromatic rings. The van der Waals surface area contributed by atoms with E-state index in [2.05, 4.69) is 15.2 Å². The molecule has 6 heteroatoms. The van der Waals surface area contributed by atoms with Gasteiger partial charge in [0.1, 0.15) is 6.04 Å². The zero-order valence-electron chi connectivity index (χ0n) is 14.1. The summed E-state index contributed by atoms with van der Waals surface area (Å²) >= 11 is 0. The highest BCUT2D eigenvalue weighted by atomic mass is 16.5. The van der Waals surface area contributed by atoms with Crippen molar-refractivity contribution in [2.75, 3.05) is 20.2 Å². The number of carbonyl (C=O) groups is 2. The summed E-state index contributed by atoms with van der Waals surface area (Å²) in [5, 5.41) is 2.80. The number of nitrogens with zero attached hydrogens (tertiary/aromatic N) is 2. The molecule has 0 bridgehead atoms. The first-order valence-electron chi connectivity index (χ1n) is 8.26. The van der Waals surface area contributed by atoms with Crippen LogP contribution in [0.5, 0.6) is 0 Å². The first-order chi connectivity index (χ1) is 12.2. The van der Waals surface area contributed by atoms with Gasteiger partial charge < -0.3 is 10.1 Å². The second-order valence-electron chi connectivity index (χ2n) is 5.96. The number of rotatable bonds is 7. The molecule has 130 valence electrons. The number of pyridine rings is 1. The summed E-state index contributed by atoms with van der Waals surface area (Å²) < 4.78 is 4.82. The van der Waals surface area contributed by atoms with Crippen LogP contribution in [0, 0.1) is 0 Å². The van der Waals surface area contributed by atoms with Gasteiger partial charge >= 0.3 is 5.97 Å². The molecule has 1 fully saturated rings. The summed E-state index contributed by atoms with van der Waals surface area (Å²) in [5.74, 6) is -0.625. The molecule has 2 unspecified atom stereocenters. The molecule has 0 saturated carbocycles. The molecule has 1 aromatic heterocycles. The Morgan fingerprint density at radius 3 is 2.68 bits per heavy atom. The first-order valence-corrected chi connectivity index (χ1v) is 8.26. The minimum absolute atomic E-state index is 0.153. The lowest BCUT2D eigenvalue weighted by atomic mass is 10.1. The van der Waals surface area contributed by atoms with Crippen molar-refractivity contribution in [2.45, 2.75) is 18.5 Å². The van der Waals surface area contributed by atoms with Gasteiger partial charge in [0.2, 0.25) is 5.91 Å². The van der Waals surface area contributed by atoms with E-state index in [1.165, 1.54) is 7.11 Å². The van der Waals surface area contributed by atoms with Gasteiger partial charge in [-0.1, -0.05) is 36.4 Å². The molecule has 1 aliphatic rings. The van der Waals surface area contributed by atoms with Crippen molar-refractivity contribution in [1.29, 1.82) is 0 Å². The van der Waals surface area contributed by atoms with Crippen LogP contribution in [0.2, 0.25) is 0 Å². The Kier molecular flexibility index (Phi) is 5.40. The lowest BCUT2D eigenvalue weighted by Crippen LogP contribution is -2.38. The quantitative estimate of drug-likeness (QED) is 0.609. The van der Waals surface area contributed by atoms with E-state index >= 15 is 0 Å². The Bertz CT molecular complexity index is 721. The second-order valence-corrected chi connectivity index (χ2v) is 5.96. The number of benzene rings is 1. The van der Waals surface area contributed by atoms with Crippen LogP contribution in [-0.2, 0) is 20.7 Å². The van der Waals surface area contributed by atoms with Gasteiger partial charge in [-0.2, -0.15) is 0 Å². The molecule has 2 heterocycles. The third kappa shape index (κ3) is 4.42. The van der Waals surface area contributed by atoms with E-state index in [-0.39, 0.29) is 11.9 Å². The Morgan fingerprint density at radius 1 is 1.24 bits per heavy atom. The molecular formula is C19H21N3O3. The van der Waals surface area contributed by atoms with E-state index in [1.54, 1.807) is 18.3 Å². The maximum Gasteiger partial charge on any atom is 0.333 e. The molecule has 3 atom stereocenters. The van der Waals surface area contributed by atoms with Crippen LogP contribution in [0.4, 0.5) is 0 Å². The van der Waals surface area contributed by atoms with Crippen LogP contribution >= 0.6 is 0 Å². The number of nitrogens with one attached hydrogen (secondary N) is 1. The van der Waals surface area contributed by atoms with Crippen molar-refractivity contribution < 1.29 is 14.3 Å². The van der Waals surface area contributed by atoms with Gasteiger partial charge in [0.25, 0.3) is 0 Å². The Balaban J connectivity index is 1.55. The number of hydrogen-bond donors (Lipinski definition) is 1. The minimum atomic E-state index is -0.781. The van der Waals surface area contributed by atoms with Gasteiger partial charge in [0.05, 0.1) is 7.11 Å². The van der Waals surface area contributed by atoms with E-state index in [9.17, 15) is 9.59 Å². The fourth-order valence-electron chi connectivity index (χ4n) is 2.76. The van der Waals surface area contributed by atoms with Crippen molar-refractivity contribution in [1.82, 2.24) is 15.2 Å². The monoisotopic (exact) mass is 339 g/mol. The predicted molar refractivity (Wildman–Crippen MR) is 92.6 cm³/mol. The van der Waals surface area contributed by atoms with E-state index in [0.29, 0.717) is 12.1 Å². The molecule has 1 aromatic carbocycles. The lowest BCUT2D eigenvalue weighted by Gasteiger charge is -2.17. The number of ether oxygens (including phenoxy) is 1. The highest BCUT2D eigenvalue weighted by Gasteiger charge is 2.41. The Morgan fingerprint density at radius 2 is 2.00 bits per heavy atom. The number of amides is 1. The van der Waals surface area contributed by atoms with Gasteiger partial charge in [-0.05, 0) is 17.7 Å². The fraction of sp³-hybridized carbons (Fsp3) is 0.316. The van der Waals surface area contributed by atoms with Gasteiger partial charge in [0.15, 0.2) is 6.04 Å². The molecule has 0 spiro atoms. The maximum atomic E-state index is 12.5. The summed E-state index contributed by atoms with van der Waals surface area (Å²) in [5.41, 5.74) is 1.72. The van der Waals surface area contributed by atoms with Crippen LogP contribution in [0.15, 0.2) is 54.7 Å². The average Bonchev–Trinajstić information content (AvgIpc) is 3.45. The van der Waals surface area contributed by atoms with Crippen LogP contribution in [0.25, 0.3) is 0 Å². The van der Waals surface area contributed by atoms with E-state index in [1.807, 2.05) is 36.4 Å². The molecule has 1 N–H and O–H groups in total. The average molecular weight is 339 g/mol. The molecule has 0 aliphatic carbocycles. The van der Waals surface area contributed by atoms with Gasteiger partial charge in [-0.3, -0.25) is 14.7 Å². The van der Waals surface area contributed by atoms with Crippen molar-refractivity contribution in [3.05, 3.63) is 66.0 Å². The van der Waals surface area contributed by atoms with Crippen LogP contribution in [0.1, 0.15) is 17.3 Å². The summed E-state index contributed by atoms with van der Waals surface area (Å²) in [4.78, 5) is 30.8. The third-order valence-electron chi connectivity index (χ3n) is 4.25. The van der Waals surface area contributed by atoms with Crippen molar-refractivity contribution in [3.8, 4) is 0 Å². The van der Waals surface area contributed by atoms with E-state index < -0.39 is 12.0 Å². The fourth-order valence-corrected chi connectivity index (χ4v) is 2.76. The number of esters is 1. The predicted octanol–water partition coefficient (Wildman–Crippen LogP) is 1.34. The largest absolute Gasteiger partial charge is 0.467 e. The van der Waals surface area contributed by atoms with Gasteiger partial charge in [-0.25, -0.2) is 4.79 Å². The van der Waals surface area contributed by atoms with Crippen molar-refractivity contribution >= 4 is 11.9 Å². The third-order valence-corrected chi connectivity index (χ3v) is 4.25. The second kappa shape index (κ2) is 7.90. The van der Waals surface area contributed by atoms with Crippen LogP contribution in [-0.4, -0.2) is 48.0 Å². The standard InChI is InChI=1S/C19H21N3O3/c1-25-19(24)17(14-7-3-2-4-8-14)21-18(23)16-13-22(16)12-10-15-9-5-6-11-20-15/h2-9,11,16-17H,10,12-13H2,1H3,(H,21,23)/t16?,17-,22?/m1/s1. The zero-order valence-corrected chi connectivity index (χ0v) is 14.1. The molecule has 0 radical (unpaired) electrons. The Hall–Kier alpha value is -2.73. The molecule has 25 heavy (non-hydrogen) atoms.